The van der Waals surface area contributed by atoms with E-state index in [1.807, 2.05) is 12.1 Å². The number of nitriles is 1. The molecule has 0 saturated heterocycles. The lowest BCUT2D eigenvalue weighted by molar-refractivity contribution is 0.0699. The van der Waals surface area contributed by atoms with E-state index >= 15 is 0 Å². The number of aromatic carboxylic acids is 1. The highest BCUT2D eigenvalue weighted by molar-refractivity contribution is 7.14. The lowest BCUT2D eigenvalue weighted by Crippen LogP contribution is -2.13. The van der Waals surface area contributed by atoms with Crippen LogP contribution in [0.25, 0.3) is 21.4 Å². The van der Waals surface area contributed by atoms with Crippen molar-refractivity contribution < 1.29 is 19.1 Å². The van der Waals surface area contributed by atoms with E-state index in [-0.39, 0.29) is 32.6 Å². The van der Waals surface area contributed by atoms with Crippen molar-refractivity contribution in [2.75, 3.05) is 5.32 Å². The molecule has 2 aromatic heterocycles. The molecule has 148 valence electrons. The van der Waals surface area contributed by atoms with Crippen molar-refractivity contribution in [3.8, 4) is 16.5 Å². The Morgan fingerprint density at radius 2 is 1.93 bits per heavy atom. The molecule has 1 amide bonds. The molecule has 0 unspecified atom stereocenters. The second kappa shape index (κ2) is 7.84. The third-order valence-corrected chi connectivity index (χ3v) is 6.07. The van der Waals surface area contributed by atoms with E-state index in [1.54, 1.807) is 24.3 Å². The van der Waals surface area contributed by atoms with Gasteiger partial charge in [-0.15, -0.1) is 11.3 Å². The summed E-state index contributed by atoms with van der Waals surface area (Å²) in [4.78, 5) is 24.9. The first kappa shape index (κ1) is 20.0. The predicted molar refractivity (Wildman–Crippen MR) is 116 cm³/mol. The zero-order chi connectivity index (χ0) is 21.4. The number of hydrogen-bond acceptors (Lipinski definition) is 5. The Hall–Kier alpha value is -3.31. The van der Waals surface area contributed by atoms with Gasteiger partial charge in [0, 0.05) is 16.3 Å². The Labute approximate surface area is 183 Å². The van der Waals surface area contributed by atoms with Crippen LogP contribution in [-0.4, -0.2) is 17.0 Å². The molecule has 0 bridgehead atoms. The smallest absolute Gasteiger partial charge is 0.339 e. The number of amides is 1. The summed E-state index contributed by atoms with van der Waals surface area (Å²) < 4.78 is 5.53. The molecule has 0 spiro atoms. The van der Waals surface area contributed by atoms with E-state index in [9.17, 15) is 20.0 Å². The standard InChI is InChI=1S/C21H10Cl2N2O4S/c22-13-6-5-11(18(23)12(13)8-24)19-17(21(27)28)14(9-30-19)25-20(26)16-7-10-3-1-2-4-15(10)29-16/h1-7,9H,(H,25,26)(H,27,28). The summed E-state index contributed by atoms with van der Waals surface area (Å²) in [5, 5.41) is 24.1. The number of nitrogens with zero attached hydrogens (tertiary/aromatic N) is 1. The van der Waals surface area contributed by atoms with Crippen molar-refractivity contribution in [3.05, 3.63) is 74.8 Å². The number of nitrogens with one attached hydrogen (secondary N) is 1. The number of thiophene rings is 1. The highest BCUT2D eigenvalue weighted by atomic mass is 35.5. The van der Waals surface area contributed by atoms with Crippen LogP contribution in [0.1, 0.15) is 26.5 Å². The zero-order valence-corrected chi connectivity index (χ0v) is 17.2. The van der Waals surface area contributed by atoms with Gasteiger partial charge in [0.2, 0.25) is 0 Å². The van der Waals surface area contributed by atoms with Crippen molar-refractivity contribution in [2.45, 2.75) is 0 Å². The van der Waals surface area contributed by atoms with Crippen LogP contribution in [0.15, 0.2) is 52.3 Å². The van der Waals surface area contributed by atoms with Gasteiger partial charge in [-0.2, -0.15) is 5.26 Å². The SMILES string of the molecule is N#Cc1c(Cl)ccc(-c2scc(NC(=O)c3cc4ccccc4o3)c2C(=O)O)c1Cl. The molecule has 4 rings (SSSR count). The number of para-hydroxylation sites is 1. The monoisotopic (exact) mass is 456 g/mol. The van der Waals surface area contributed by atoms with Gasteiger partial charge in [0.15, 0.2) is 5.76 Å². The number of halogens is 2. The fourth-order valence-electron chi connectivity index (χ4n) is 2.97. The minimum atomic E-state index is -1.25. The Kier molecular flexibility index (Phi) is 5.22. The van der Waals surface area contributed by atoms with Gasteiger partial charge in [-0.1, -0.05) is 47.5 Å². The highest BCUT2D eigenvalue weighted by Crippen LogP contribution is 2.42. The number of furan rings is 1. The molecular formula is C21H10Cl2N2O4S. The topological polar surface area (TPSA) is 103 Å². The summed E-state index contributed by atoms with van der Waals surface area (Å²) in [5.41, 5.74) is 0.886. The molecule has 2 heterocycles. The molecule has 0 atom stereocenters. The number of carboxylic acids is 1. The largest absolute Gasteiger partial charge is 0.478 e. The van der Waals surface area contributed by atoms with Gasteiger partial charge in [0.25, 0.3) is 5.91 Å². The van der Waals surface area contributed by atoms with Gasteiger partial charge in [-0.25, -0.2) is 4.79 Å². The quantitative estimate of drug-likeness (QED) is 0.375. The molecule has 0 fully saturated rings. The number of hydrogen-bond donors (Lipinski definition) is 2. The molecule has 0 aliphatic rings. The van der Waals surface area contributed by atoms with Crippen molar-refractivity contribution in [2.24, 2.45) is 0 Å². The summed E-state index contributed by atoms with van der Waals surface area (Å²) in [6, 6.07) is 13.6. The Balaban J connectivity index is 1.74. The zero-order valence-electron chi connectivity index (χ0n) is 14.9. The maximum absolute atomic E-state index is 12.6. The highest BCUT2D eigenvalue weighted by Gasteiger charge is 2.25. The number of carbonyl (C=O) groups excluding carboxylic acids is 1. The Morgan fingerprint density at radius 1 is 1.17 bits per heavy atom. The van der Waals surface area contributed by atoms with E-state index in [2.05, 4.69) is 5.32 Å². The second-order valence-electron chi connectivity index (χ2n) is 6.16. The number of rotatable bonds is 4. The van der Waals surface area contributed by atoms with Gasteiger partial charge in [-0.3, -0.25) is 4.79 Å². The number of carboxylic acid groups (broad SMARTS) is 1. The second-order valence-corrected chi connectivity index (χ2v) is 7.82. The van der Waals surface area contributed by atoms with Crippen LogP contribution in [0.5, 0.6) is 0 Å². The van der Waals surface area contributed by atoms with Crippen LogP contribution in [0.3, 0.4) is 0 Å². The summed E-state index contributed by atoms with van der Waals surface area (Å²) >= 11 is 13.3. The summed E-state index contributed by atoms with van der Waals surface area (Å²) in [7, 11) is 0. The van der Waals surface area contributed by atoms with Crippen LogP contribution in [0, 0.1) is 11.3 Å². The molecule has 6 nitrogen and oxygen atoms in total. The van der Waals surface area contributed by atoms with Gasteiger partial charge < -0.3 is 14.8 Å². The van der Waals surface area contributed by atoms with Crippen LogP contribution in [0.4, 0.5) is 5.69 Å². The molecule has 30 heavy (non-hydrogen) atoms. The van der Waals surface area contributed by atoms with E-state index in [4.69, 9.17) is 27.6 Å². The normalized spacial score (nSPS) is 10.7. The molecular weight excluding hydrogens is 447 g/mol. The Bertz CT molecular complexity index is 1330. The number of fused-ring (bicyclic) bond motifs is 1. The first-order valence-electron chi connectivity index (χ1n) is 8.44. The molecule has 2 N–H and O–H groups in total. The fraction of sp³-hybridized carbons (Fsp3) is 0. The van der Waals surface area contributed by atoms with E-state index < -0.39 is 11.9 Å². The molecule has 2 aromatic carbocycles. The summed E-state index contributed by atoms with van der Waals surface area (Å²) in [6.45, 7) is 0. The average molecular weight is 457 g/mol. The van der Waals surface area contributed by atoms with Crippen molar-refractivity contribution in [3.63, 3.8) is 0 Å². The molecule has 0 radical (unpaired) electrons. The number of carbonyl (C=O) groups is 2. The lowest BCUT2D eigenvalue weighted by Gasteiger charge is -2.08. The fourth-order valence-corrected chi connectivity index (χ4v) is 4.60. The van der Waals surface area contributed by atoms with Crippen LogP contribution < -0.4 is 5.32 Å². The molecule has 4 aromatic rings. The first-order valence-corrected chi connectivity index (χ1v) is 10.1. The number of benzene rings is 2. The van der Waals surface area contributed by atoms with Crippen molar-refractivity contribution in [1.29, 1.82) is 5.26 Å². The predicted octanol–water partition coefficient (Wildman–Crippen LogP) is 6.29. The first-order chi connectivity index (χ1) is 14.4. The van der Waals surface area contributed by atoms with E-state index in [0.29, 0.717) is 16.0 Å². The van der Waals surface area contributed by atoms with E-state index in [0.717, 1.165) is 16.7 Å². The molecule has 9 heteroatoms. The van der Waals surface area contributed by atoms with Crippen LogP contribution in [0.2, 0.25) is 10.0 Å². The van der Waals surface area contributed by atoms with Gasteiger partial charge in [0.05, 0.1) is 26.2 Å². The van der Waals surface area contributed by atoms with Gasteiger partial charge in [0.1, 0.15) is 17.2 Å². The third kappa shape index (κ3) is 3.42. The summed E-state index contributed by atoms with van der Waals surface area (Å²) in [6.07, 6.45) is 0. The van der Waals surface area contributed by atoms with Gasteiger partial charge >= 0.3 is 5.97 Å². The molecule has 0 saturated carbocycles. The Morgan fingerprint density at radius 3 is 2.63 bits per heavy atom. The minimum Gasteiger partial charge on any atom is -0.478 e. The number of anilines is 1. The maximum atomic E-state index is 12.6. The van der Waals surface area contributed by atoms with E-state index in [1.165, 1.54) is 17.5 Å². The van der Waals surface area contributed by atoms with Crippen LogP contribution >= 0.6 is 34.5 Å². The van der Waals surface area contributed by atoms with Gasteiger partial charge in [-0.05, 0) is 18.2 Å². The lowest BCUT2D eigenvalue weighted by atomic mass is 10.1. The third-order valence-electron chi connectivity index (χ3n) is 4.35. The molecule has 0 aliphatic heterocycles. The van der Waals surface area contributed by atoms with Crippen molar-refractivity contribution in [1.82, 2.24) is 0 Å². The maximum Gasteiger partial charge on any atom is 0.339 e. The molecule has 0 aliphatic carbocycles. The summed E-state index contributed by atoms with van der Waals surface area (Å²) in [5.74, 6) is -1.79. The van der Waals surface area contributed by atoms with Crippen molar-refractivity contribution >= 4 is 63.1 Å². The minimum absolute atomic E-state index is 0.0458. The average Bonchev–Trinajstić information content (AvgIpc) is 3.32. The van der Waals surface area contributed by atoms with Crippen LogP contribution in [-0.2, 0) is 0 Å².